The summed E-state index contributed by atoms with van der Waals surface area (Å²) in [6, 6.07) is 18.2. The molecule has 1 aromatic heterocycles. The minimum absolute atomic E-state index is 0.140. The molecule has 32 heavy (non-hydrogen) atoms. The summed E-state index contributed by atoms with van der Waals surface area (Å²) in [5.41, 5.74) is 0.958. The normalized spacial score (nSPS) is 15.3. The maximum Gasteiger partial charge on any atom is 0.287 e. The fourth-order valence-electron chi connectivity index (χ4n) is 3.07. The Morgan fingerprint density at radius 2 is 1.81 bits per heavy atom. The third kappa shape index (κ3) is 5.76. The maximum atomic E-state index is 11.7. The second-order valence-electron chi connectivity index (χ2n) is 7.13. The molecule has 1 aliphatic heterocycles. The quantitative estimate of drug-likeness (QED) is 0.528. The first-order valence-corrected chi connectivity index (χ1v) is 10.9. The van der Waals surface area contributed by atoms with Gasteiger partial charge in [-0.1, -0.05) is 30.3 Å². The molecule has 2 heterocycles. The van der Waals surface area contributed by atoms with Gasteiger partial charge < -0.3 is 19.7 Å². The largest absolute Gasteiger partial charge is 0.492 e. The van der Waals surface area contributed by atoms with Crippen molar-refractivity contribution in [2.75, 3.05) is 25.1 Å². The molecule has 8 nitrogen and oxygen atoms in total. The van der Waals surface area contributed by atoms with Crippen molar-refractivity contribution in [2.24, 2.45) is 0 Å². The van der Waals surface area contributed by atoms with Gasteiger partial charge in [0.15, 0.2) is 0 Å². The smallest absolute Gasteiger partial charge is 0.287 e. The van der Waals surface area contributed by atoms with Crippen LogP contribution in [-0.4, -0.2) is 46.6 Å². The first kappa shape index (κ1) is 21.6. The number of nitrogens with one attached hydrogen (secondary N) is 1. The number of carbonyl (C=O) groups is 2. The molecule has 1 N–H and O–H groups in total. The van der Waals surface area contributed by atoms with Gasteiger partial charge in [-0.05, 0) is 29.8 Å². The number of carbonyl (C=O) groups excluding carboxylic acids is 2. The molecule has 1 atom stereocenters. The molecule has 0 saturated carbocycles. The van der Waals surface area contributed by atoms with Crippen molar-refractivity contribution in [3.05, 3.63) is 72.4 Å². The van der Waals surface area contributed by atoms with Crippen LogP contribution in [-0.2, 0) is 11.2 Å². The highest BCUT2D eigenvalue weighted by Gasteiger charge is 2.31. The zero-order valence-electron chi connectivity index (χ0n) is 17.4. The summed E-state index contributed by atoms with van der Waals surface area (Å²) >= 11 is 0.728. The van der Waals surface area contributed by atoms with Gasteiger partial charge in [-0.15, -0.1) is 0 Å². The van der Waals surface area contributed by atoms with E-state index in [-0.39, 0.29) is 10.4 Å². The Bertz CT molecular complexity index is 1080. The molecule has 1 fully saturated rings. The summed E-state index contributed by atoms with van der Waals surface area (Å²) in [6.45, 7) is 1.02. The number of hydrogen-bond acceptors (Lipinski definition) is 8. The Balaban J connectivity index is 1.26. The standard InChI is InChI=1S/C23H22N4O4S/c1-27(22-24-12-11-20(26-22)31-18-5-3-2-4-6-18)13-14-30-17-9-7-16(8-10-17)15-19-21(28)32-23(29)25-19/h2-12,19H,13-15H2,1H3,(H,25,29). The van der Waals surface area contributed by atoms with E-state index in [9.17, 15) is 9.59 Å². The average Bonchev–Trinajstić information content (AvgIpc) is 3.12. The number of anilines is 1. The molecule has 0 aliphatic carbocycles. The molecule has 0 bridgehead atoms. The van der Waals surface area contributed by atoms with Crippen LogP contribution in [0.1, 0.15) is 5.56 Å². The minimum Gasteiger partial charge on any atom is -0.492 e. The molecule has 1 amide bonds. The van der Waals surface area contributed by atoms with Crippen LogP contribution in [0.4, 0.5) is 10.7 Å². The summed E-state index contributed by atoms with van der Waals surface area (Å²) in [6.07, 6.45) is 2.13. The molecule has 0 spiro atoms. The lowest BCUT2D eigenvalue weighted by molar-refractivity contribution is -0.112. The van der Waals surface area contributed by atoms with E-state index in [0.717, 1.165) is 23.1 Å². The lowest BCUT2D eigenvalue weighted by Crippen LogP contribution is -2.30. The van der Waals surface area contributed by atoms with Crippen LogP contribution >= 0.6 is 11.8 Å². The lowest BCUT2D eigenvalue weighted by Gasteiger charge is -2.18. The predicted octanol–water partition coefficient (Wildman–Crippen LogP) is 3.68. The van der Waals surface area contributed by atoms with Crippen LogP contribution in [0.3, 0.4) is 0 Å². The molecular formula is C23H22N4O4S. The highest BCUT2D eigenvalue weighted by Crippen LogP contribution is 2.21. The van der Waals surface area contributed by atoms with Crippen molar-refractivity contribution in [1.29, 1.82) is 0 Å². The predicted molar refractivity (Wildman–Crippen MR) is 122 cm³/mol. The monoisotopic (exact) mass is 450 g/mol. The SMILES string of the molecule is CN(CCOc1ccc(CC2NC(=O)SC2=O)cc1)c1nccc(Oc2ccccc2)n1. The van der Waals surface area contributed by atoms with Crippen LogP contribution < -0.4 is 19.7 Å². The minimum atomic E-state index is -0.463. The number of ether oxygens (including phenoxy) is 2. The molecule has 0 radical (unpaired) electrons. The molecule has 9 heteroatoms. The van der Waals surface area contributed by atoms with Crippen molar-refractivity contribution in [1.82, 2.24) is 15.3 Å². The zero-order valence-corrected chi connectivity index (χ0v) is 18.2. The summed E-state index contributed by atoms with van der Waals surface area (Å²) in [5.74, 6) is 2.45. The van der Waals surface area contributed by atoms with E-state index in [0.29, 0.717) is 37.2 Å². The molecule has 2 aromatic carbocycles. The first-order valence-electron chi connectivity index (χ1n) is 10.1. The molecule has 164 valence electrons. The Morgan fingerprint density at radius 3 is 2.53 bits per heavy atom. The highest BCUT2D eigenvalue weighted by molar-refractivity contribution is 8.26. The summed E-state index contributed by atoms with van der Waals surface area (Å²) in [7, 11) is 1.89. The molecular weight excluding hydrogens is 428 g/mol. The van der Waals surface area contributed by atoms with Crippen molar-refractivity contribution >= 4 is 28.1 Å². The third-order valence-corrected chi connectivity index (χ3v) is 5.54. The zero-order chi connectivity index (χ0) is 22.3. The van der Waals surface area contributed by atoms with E-state index >= 15 is 0 Å². The first-order chi connectivity index (χ1) is 15.6. The van der Waals surface area contributed by atoms with Gasteiger partial charge in [0.25, 0.3) is 5.24 Å². The Morgan fingerprint density at radius 1 is 1.03 bits per heavy atom. The summed E-state index contributed by atoms with van der Waals surface area (Å²) in [4.78, 5) is 33.6. The van der Waals surface area contributed by atoms with Crippen molar-refractivity contribution in [3.63, 3.8) is 0 Å². The van der Waals surface area contributed by atoms with Crippen molar-refractivity contribution < 1.29 is 19.1 Å². The summed E-state index contributed by atoms with van der Waals surface area (Å²) < 4.78 is 11.6. The topological polar surface area (TPSA) is 93.7 Å². The number of para-hydroxylation sites is 1. The Hall–Kier alpha value is -3.59. The van der Waals surface area contributed by atoms with E-state index in [1.54, 1.807) is 12.3 Å². The third-order valence-electron chi connectivity index (χ3n) is 4.75. The van der Waals surface area contributed by atoms with E-state index < -0.39 is 6.04 Å². The summed E-state index contributed by atoms with van der Waals surface area (Å²) in [5, 5.41) is 2.24. The average molecular weight is 451 g/mol. The van der Waals surface area contributed by atoms with Crippen LogP contribution in [0.2, 0.25) is 0 Å². The lowest BCUT2D eigenvalue weighted by atomic mass is 10.1. The number of amides is 1. The van der Waals surface area contributed by atoms with Crippen molar-refractivity contribution in [3.8, 4) is 17.4 Å². The number of nitrogens with zero attached hydrogens (tertiary/aromatic N) is 3. The fraction of sp³-hybridized carbons (Fsp3) is 0.217. The van der Waals surface area contributed by atoms with Gasteiger partial charge in [-0.3, -0.25) is 9.59 Å². The fourth-order valence-corrected chi connectivity index (χ4v) is 3.74. The molecule has 1 aliphatic rings. The van der Waals surface area contributed by atoms with Crippen LogP contribution in [0.5, 0.6) is 17.4 Å². The van der Waals surface area contributed by atoms with Crippen LogP contribution in [0.25, 0.3) is 0 Å². The second-order valence-corrected chi connectivity index (χ2v) is 8.11. The number of aromatic nitrogens is 2. The van der Waals surface area contributed by atoms with E-state index in [2.05, 4.69) is 15.3 Å². The van der Waals surface area contributed by atoms with Crippen LogP contribution in [0, 0.1) is 0 Å². The van der Waals surface area contributed by atoms with Gasteiger partial charge >= 0.3 is 0 Å². The maximum absolute atomic E-state index is 11.7. The number of rotatable bonds is 9. The molecule has 1 unspecified atom stereocenters. The Kier molecular flexibility index (Phi) is 6.86. The molecule has 3 aromatic rings. The number of benzene rings is 2. The Labute approximate surface area is 190 Å². The highest BCUT2D eigenvalue weighted by atomic mass is 32.2. The van der Waals surface area contributed by atoms with Gasteiger partial charge in [-0.2, -0.15) is 4.98 Å². The number of thioether (sulfide) groups is 1. The molecule has 4 rings (SSSR count). The van der Waals surface area contributed by atoms with E-state index in [4.69, 9.17) is 9.47 Å². The van der Waals surface area contributed by atoms with Crippen LogP contribution in [0.15, 0.2) is 66.9 Å². The van der Waals surface area contributed by atoms with E-state index in [1.165, 1.54) is 0 Å². The van der Waals surface area contributed by atoms with Crippen molar-refractivity contribution in [2.45, 2.75) is 12.5 Å². The van der Waals surface area contributed by atoms with Gasteiger partial charge in [0.2, 0.25) is 16.9 Å². The van der Waals surface area contributed by atoms with Gasteiger partial charge in [0.1, 0.15) is 24.1 Å². The van der Waals surface area contributed by atoms with Gasteiger partial charge in [-0.25, -0.2) is 4.98 Å². The van der Waals surface area contributed by atoms with Gasteiger partial charge in [0, 0.05) is 37.5 Å². The second kappa shape index (κ2) is 10.1. The van der Waals surface area contributed by atoms with Gasteiger partial charge in [0.05, 0.1) is 6.54 Å². The molecule has 1 saturated heterocycles. The number of likely N-dealkylation sites (N-methyl/N-ethyl adjacent to an activating group) is 1. The van der Waals surface area contributed by atoms with E-state index in [1.807, 2.05) is 66.5 Å². The number of hydrogen-bond donors (Lipinski definition) is 1.